The predicted molar refractivity (Wildman–Crippen MR) is 89.9 cm³/mol. The van der Waals surface area contributed by atoms with Crippen molar-refractivity contribution in [2.45, 2.75) is 13.0 Å². The summed E-state index contributed by atoms with van der Waals surface area (Å²) in [6.45, 7) is 5.82. The number of halogens is 1. The molecule has 0 aromatic heterocycles. The Bertz CT molecular complexity index is 599. The second kappa shape index (κ2) is 6.36. The monoisotopic (exact) mass is 299 g/mol. The third-order valence-corrected chi connectivity index (χ3v) is 4.26. The van der Waals surface area contributed by atoms with Crippen LogP contribution in [-0.2, 0) is 0 Å². The molecule has 4 heteroatoms. The van der Waals surface area contributed by atoms with Crippen molar-refractivity contribution in [2.75, 3.05) is 36.0 Å². The van der Waals surface area contributed by atoms with Crippen molar-refractivity contribution in [3.05, 3.63) is 59.9 Å². The maximum absolute atomic E-state index is 13.0. The van der Waals surface area contributed by atoms with E-state index >= 15 is 0 Å². The fraction of sp³-hybridized carbons (Fsp3) is 0.333. The molecule has 0 spiro atoms. The van der Waals surface area contributed by atoms with Gasteiger partial charge in [-0.2, -0.15) is 0 Å². The first kappa shape index (κ1) is 14.9. The first-order chi connectivity index (χ1) is 10.6. The Kier molecular flexibility index (Phi) is 4.29. The summed E-state index contributed by atoms with van der Waals surface area (Å²) in [6.07, 6.45) is 0. The zero-order valence-corrected chi connectivity index (χ0v) is 12.9. The minimum atomic E-state index is -0.184. The molecule has 1 aliphatic heterocycles. The van der Waals surface area contributed by atoms with E-state index in [1.165, 1.54) is 17.8 Å². The van der Waals surface area contributed by atoms with Crippen LogP contribution in [0.15, 0.2) is 48.5 Å². The number of nitrogens with two attached hydrogens (primary N) is 1. The van der Waals surface area contributed by atoms with Crippen LogP contribution in [0.3, 0.4) is 0 Å². The lowest BCUT2D eigenvalue weighted by Crippen LogP contribution is -2.46. The van der Waals surface area contributed by atoms with Crippen LogP contribution in [0.1, 0.15) is 18.5 Å². The molecule has 2 aromatic carbocycles. The Morgan fingerprint density at radius 1 is 0.818 bits per heavy atom. The van der Waals surface area contributed by atoms with Crippen molar-refractivity contribution >= 4 is 11.4 Å². The van der Waals surface area contributed by atoms with Crippen molar-refractivity contribution < 1.29 is 4.39 Å². The largest absolute Gasteiger partial charge is 0.368 e. The van der Waals surface area contributed by atoms with Crippen molar-refractivity contribution in [3.63, 3.8) is 0 Å². The molecule has 0 saturated carbocycles. The Morgan fingerprint density at radius 2 is 1.23 bits per heavy atom. The third kappa shape index (κ3) is 3.22. The Labute approximate surface area is 131 Å². The van der Waals surface area contributed by atoms with Crippen LogP contribution in [0.4, 0.5) is 15.8 Å². The second-order valence-electron chi connectivity index (χ2n) is 5.83. The smallest absolute Gasteiger partial charge is 0.123 e. The quantitative estimate of drug-likeness (QED) is 0.945. The summed E-state index contributed by atoms with van der Waals surface area (Å²) in [5, 5.41) is 0. The molecule has 1 unspecified atom stereocenters. The molecule has 3 rings (SSSR count). The number of benzene rings is 2. The summed E-state index contributed by atoms with van der Waals surface area (Å²) in [7, 11) is 0. The molecule has 2 aromatic rings. The molecule has 116 valence electrons. The summed E-state index contributed by atoms with van der Waals surface area (Å²) >= 11 is 0. The zero-order valence-electron chi connectivity index (χ0n) is 12.9. The molecule has 1 fully saturated rings. The van der Waals surface area contributed by atoms with Crippen LogP contribution in [0, 0.1) is 5.82 Å². The van der Waals surface area contributed by atoms with Gasteiger partial charge in [-0.25, -0.2) is 4.39 Å². The minimum absolute atomic E-state index is 0.0735. The fourth-order valence-electron chi connectivity index (χ4n) is 2.86. The van der Waals surface area contributed by atoms with E-state index in [0.717, 1.165) is 37.4 Å². The van der Waals surface area contributed by atoms with Gasteiger partial charge in [-0.3, -0.25) is 0 Å². The molecule has 1 atom stereocenters. The van der Waals surface area contributed by atoms with Gasteiger partial charge in [0.05, 0.1) is 0 Å². The summed E-state index contributed by atoms with van der Waals surface area (Å²) < 4.78 is 13.0. The SMILES string of the molecule is CC(N)c1ccc(N2CCN(c3ccc(F)cc3)CC2)cc1. The lowest BCUT2D eigenvalue weighted by Gasteiger charge is -2.37. The highest BCUT2D eigenvalue weighted by molar-refractivity contribution is 5.52. The highest BCUT2D eigenvalue weighted by Crippen LogP contribution is 2.22. The van der Waals surface area contributed by atoms with Crippen LogP contribution in [-0.4, -0.2) is 26.2 Å². The van der Waals surface area contributed by atoms with Crippen molar-refractivity contribution in [2.24, 2.45) is 5.73 Å². The van der Waals surface area contributed by atoms with E-state index in [0.29, 0.717) is 0 Å². The van der Waals surface area contributed by atoms with Crippen molar-refractivity contribution in [1.82, 2.24) is 0 Å². The molecule has 1 aliphatic rings. The van der Waals surface area contributed by atoms with Gasteiger partial charge in [0.15, 0.2) is 0 Å². The molecule has 3 nitrogen and oxygen atoms in total. The fourth-order valence-corrected chi connectivity index (χ4v) is 2.86. The normalized spacial score (nSPS) is 16.7. The van der Waals surface area contributed by atoms with Gasteiger partial charge in [-0.05, 0) is 48.9 Å². The van der Waals surface area contributed by atoms with Gasteiger partial charge in [0.25, 0.3) is 0 Å². The first-order valence-corrected chi connectivity index (χ1v) is 7.74. The minimum Gasteiger partial charge on any atom is -0.368 e. The third-order valence-electron chi connectivity index (χ3n) is 4.26. The van der Waals surface area contributed by atoms with Crippen LogP contribution < -0.4 is 15.5 Å². The number of hydrogen-bond acceptors (Lipinski definition) is 3. The van der Waals surface area contributed by atoms with E-state index < -0.39 is 0 Å². The van der Waals surface area contributed by atoms with Crippen LogP contribution in [0.25, 0.3) is 0 Å². The Morgan fingerprint density at radius 3 is 1.64 bits per heavy atom. The van der Waals surface area contributed by atoms with Crippen LogP contribution >= 0.6 is 0 Å². The number of piperazine rings is 1. The number of anilines is 2. The van der Waals surface area contributed by atoms with Gasteiger partial charge in [-0.1, -0.05) is 12.1 Å². The summed E-state index contributed by atoms with van der Waals surface area (Å²) in [5.74, 6) is -0.184. The number of rotatable bonds is 3. The van der Waals surface area contributed by atoms with Gasteiger partial charge < -0.3 is 15.5 Å². The summed E-state index contributed by atoms with van der Waals surface area (Å²) in [6, 6.07) is 15.3. The Balaban J connectivity index is 1.62. The molecule has 0 aliphatic carbocycles. The second-order valence-corrected chi connectivity index (χ2v) is 5.83. The maximum Gasteiger partial charge on any atom is 0.123 e. The average Bonchev–Trinajstić information content (AvgIpc) is 2.56. The van der Waals surface area contributed by atoms with Crippen molar-refractivity contribution in [1.29, 1.82) is 0 Å². The molecule has 0 amide bonds. The molecule has 0 radical (unpaired) electrons. The predicted octanol–water partition coefficient (Wildman–Crippen LogP) is 3.17. The standard InChI is InChI=1S/C18H22FN3/c1-14(20)15-2-6-17(7-3-15)21-10-12-22(13-11-21)18-8-4-16(19)5-9-18/h2-9,14H,10-13,20H2,1H3. The Hall–Kier alpha value is -2.07. The molecule has 2 N–H and O–H groups in total. The summed E-state index contributed by atoms with van der Waals surface area (Å²) in [5.41, 5.74) is 9.38. The van der Waals surface area contributed by atoms with Gasteiger partial charge >= 0.3 is 0 Å². The highest BCUT2D eigenvalue weighted by atomic mass is 19.1. The number of hydrogen-bond donors (Lipinski definition) is 1. The zero-order chi connectivity index (χ0) is 15.5. The molecule has 1 heterocycles. The van der Waals surface area contributed by atoms with Gasteiger partial charge in [0, 0.05) is 43.6 Å². The van der Waals surface area contributed by atoms with Crippen molar-refractivity contribution in [3.8, 4) is 0 Å². The van der Waals surface area contributed by atoms with Gasteiger partial charge in [-0.15, -0.1) is 0 Å². The molecule has 1 saturated heterocycles. The lowest BCUT2D eigenvalue weighted by atomic mass is 10.1. The molecule has 0 bridgehead atoms. The highest BCUT2D eigenvalue weighted by Gasteiger charge is 2.17. The van der Waals surface area contributed by atoms with E-state index in [4.69, 9.17) is 5.73 Å². The van der Waals surface area contributed by atoms with Gasteiger partial charge in [0.2, 0.25) is 0 Å². The molecular weight excluding hydrogens is 277 g/mol. The summed E-state index contributed by atoms with van der Waals surface area (Å²) in [4.78, 5) is 4.68. The molecular formula is C18H22FN3. The first-order valence-electron chi connectivity index (χ1n) is 7.74. The average molecular weight is 299 g/mol. The van der Waals surface area contributed by atoms with E-state index in [2.05, 4.69) is 34.1 Å². The lowest BCUT2D eigenvalue weighted by molar-refractivity contribution is 0.625. The van der Waals surface area contributed by atoms with E-state index in [1.807, 2.05) is 19.1 Å². The topological polar surface area (TPSA) is 32.5 Å². The van der Waals surface area contributed by atoms with E-state index in [1.54, 1.807) is 0 Å². The van der Waals surface area contributed by atoms with Gasteiger partial charge in [0.1, 0.15) is 5.82 Å². The van der Waals surface area contributed by atoms with E-state index in [9.17, 15) is 4.39 Å². The van der Waals surface area contributed by atoms with E-state index in [-0.39, 0.29) is 11.9 Å². The maximum atomic E-state index is 13.0. The van der Waals surface area contributed by atoms with Crippen LogP contribution in [0.2, 0.25) is 0 Å². The molecule has 22 heavy (non-hydrogen) atoms. The van der Waals surface area contributed by atoms with Crippen LogP contribution in [0.5, 0.6) is 0 Å². The number of nitrogens with zero attached hydrogens (tertiary/aromatic N) is 2.